The van der Waals surface area contributed by atoms with E-state index in [4.69, 9.17) is 12.2 Å². The van der Waals surface area contributed by atoms with Crippen LogP contribution in [0.15, 0.2) is 6.20 Å². The Hall–Kier alpha value is -2.03. The monoisotopic (exact) mass is 240 g/mol. The third kappa shape index (κ3) is 1.41. The minimum Gasteiger partial charge on any atom is -0.358 e. The van der Waals surface area contributed by atoms with Crippen LogP contribution in [0.25, 0.3) is 11.6 Å². The van der Waals surface area contributed by atoms with Gasteiger partial charge in [0, 0.05) is 7.05 Å². The molecule has 0 aliphatic carbocycles. The number of H-pyrrole nitrogens is 1. The average molecular weight is 240 g/mol. The summed E-state index contributed by atoms with van der Waals surface area (Å²) in [6.07, 6.45) is 1.19. The molecule has 8 nitrogen and oxygen atoms in total. The van der Waals surface area contributed by atoms with Gasteiger partial charge in [-0.3, -0.25) is 9.67 Å². The predicted molar refractivity (Wildman–Crippen MR) is 57.2 cm³/mol. The number of rotatable bonds is 2. The molecule has 0 radical (unpaired) electrons. The molecule has 0 saturated carbocycles. The van der Waals surface area contributed by atoms with E-state index in [1.54, 1.807) is 18.7 Å². The molecule has 0 spiro atoms. The summed E-state index contributed by atoms with van der Waals surface area (Å²) >= 11 is 4.95. The molecule has 16 heavy (non-hydrogen) atoms. The summed E-state index contributed by atoms with van der Waals surface area (Å²) in [5, 5.41) is 17.2. The Labute approximate surface area is 94.7 Å². The van der Waals surface area contributed by atoms with Crippen LogP contribution >= 0.6 is 12.2 Å². The van der Waals surface area contributed by atoms with Crippen LogP contribution in [0, 0.1) is 14.9 Å². The number of nitro groups is 1. The number of hydrogen-bond donors (Lipinski definition) is 1. The normalized spacial score (nSPS) is 10.6. The molecule has 1 N–H and O–H groups in total. The van der Waals surface area contributed by atoms with Crippen molar-refractivity contribution < 1.29 is 4.92 Å². The molecule has 84 valence electrons. The van der Waals surface area contributed by atoms with Crippen LogP contribution in [0.2, 0.25) is 0 Å². The minimum atomic E-state index is -0.502. The molecule has 0 aromatic carbocycles. The second-order valence-electron chi connectivity index (χ2n) is 3.17. The zero-order valence-corrected chi connectivity index (χ0v) is 9.35. The third-order valence-electron chi connectivity index (χ3n) is 2.23. The van der Waals surface area contributed by atoms with Crippen LogP contribution in [0.3, 0.4) is 0 Å². The number of aromatic nitrogens is 5. The lowest BCUT2D eigenvalue weighted by Gasteiger charge is -1.97. The third-order valence-corrected chi connectivity index (χ3v) is 2.60. The first kappa shape index (κ1) is 10.5. The zero-order valence-electron chi connectivity index (χ0n) is 8.54. The molecule has 9 heteroatoms. The first-order valence-corrected chi connectivity index (χ1v) is 4.71. The van der Waals surface area contributed by atoms with E-state index >= 15 is 0 Å². The Morgan fingerprint density at radius 2 is 2.12 bits per heavy atom. The summed E-state index contributed by atoms with van der Waals surface area (Å²) in [6, 6.07) is 0. The lowest BCUT2D eigenvalue weighted by molar-refractivity contribution is -0.391. The Balaban J connectivity index is 2.62. The van der Waals surface area contributed by atoms with E-state index in [0.717, 1.165) is 0 Å². The van der Waals surface area contributed by atoms with Crippen LogP contribution in [0.5, 0.6) is 0 Å². The van der Waals surface area contributed by atoms with Crippen molar-refractivity contribution in [2.24, 2.45) is 14.1 Å². The van der Waals surface area contributed by atoms with Gasteiger partial charge in [0.05, 0.1) is 7.05 Å². The van der Waals surface area contributed by atoms with Gasteiger partial charge in [-0.1, -0.05) is 0 Å². The summed E-state index contributed by atoms with van der Waals surface area (Å²) in [5.41, 5.74) is 0. The number of nitrogens with one attached hydrogen (secondary N) is 1. The first-order valence-electron chi connectivity index (χ1n) is 4.30. The molecular weight excluding hydrogens is 232 g/mol. The summed E-state index contributed by atoms with van der Waals surface area (Å²) < 4.78 is 3.38. The van der Waals surface area contributed by atoms with Gasteiger partial charge in [-0.25, -0.2) is 9.55 Å². The fraction of sp³-hybridized carbons (Fsp3) is 0.286. The summed E-state index contributed by atoms with van der Waals surface area (Å²) in [6.45, 7) is 0. The first-order chi connectivity index (χ1) is 7.52. The molecular formula is C7H8N6O2S. The highest BCUT2D eigenvalue weighted by molar-refractivity contribution is 7.71. The van der Waals surface area contributed by atoms with Crippen LogP contribution in [0.1, 0.15) is 0 Å². The van der Waals surface area contributed by atoms with Crippen LogP contribution in [-0.2, 0) is 14.1 Å². The largest absolute Gasteiger partial charge is 0.358 e. The Morgan fingerprint density at radius 3 is 2.56 bits per heavy atom. The molecule has 2 heterocycles. The van der Waals surface area contributed by atoms with E-state index < -0.39 is 4.92 Å². The Morgan fingerprint density at radius 1 is 1.44 bits per heavy atom. The zero-order chi connectivity index (χ0) is 11.9. The molecule has 0 bridgehead atoms. The SMILES string of the molecule is Cn1c([N+](=O)[O-])cnc1-c1n[nH]c(=S)n1C. The summed E-state index contributed by atoms with van der Waals surface area (Å²) in [4.78, 5) is 14.1. The average Bonchev–Trinajstić information content (AvgIpc) is 2.73. The van der Waals surface area contributed by atoms with Crippen molar-refractivity contribution >= 4 is 18.0 Å². The molecule has 0 amide bonds. The van der Waals surface area contributed by atoms with Crippen molar-refractivity contribution in [3.63, 3.8) is 0 Å². The molecule has 2 aromatic rings. The van der Waals surface area contributed by atoms with Gasteiger partial charge in [-0.15, -0.1) is 5.10 Å². The summed E-state index contributed by atoms with van der Waals surface area (Å²) in [7, 11) is 3.26. The van der Waals surface area contributed by atoms with Gasteiger partial charge in [-0.2, -0.15) is 0 Å². The molecule has 0 aliphatic heterocycles. The minimum absolute atomic E-state index is 0.0936. The van der Waals surface area contributed by atoms with Gasteiger partial charge >= 0.3 is 5.82 Å². The van der Waals surface area contributed by atoms with Crippen LogP contribution in [0.4, 0.5) is 5.82 Å². The quantitative estimate of drug-likeness (QED) is 0.475. The van der Waals surface area contributed by atoms with Gasteiger partial charge in [-0.05, 0) is 17.1 Å². The van der Waals surface area contributed by atoms with Gasteiger partial charge in [0.2, 0.25) is 5.82 Å². The van der Waals surface area contributed by atoms with Crippen LogP contribution in [-0.4, -0.2) is 29.2 Å². The van der Waals surface area contributed by atoms with E-state index in [-0.39, 0.29) is 5.82 Å². The highest BCUT2D eigenvalue weighted by atomic mass is 32.1. The molecule has 2 aromatic heterocycles. The van der Waals surface area contributed by atoms with Crippen molar-refractivity contribution in [3.05, 3.63) is 21.1 Å². The number of nitrogens with zero attached hydrogens (tertiary/aromatic N) is 5. The van der Waals surface area contributed by atoms with Crippen molar-refractivity contribution in [1.29, 1.82) is 0 Å². The molecule has 0 atom stereocenters. The van der Waals surface area contributed by atoms with Crippen molar-refractivity contribution in [2.45, 2.75) is 0 Å². The summed E-state index contributed by atoms with van der Waals surface area (Å²) in [5.74, 6) is 0.756. The van der Waals surface area contributed by atoms with Crippen molar-refractivity contribution in [1.82, 2.24) is 24.3 Å². The van der Waals surface area contributed by atoms with Gasteiger partial charge in [0.25, 0.3) is 5.82 Å². The predicted octanol–water partition coefficient (Wildman–Crippen LogP) is 0.786. The highest BCUT2D eigenvalue weighted by Crippen LogP contribution is 2.19. The lowest BCUT2D eigenvalue weighted by atomic mass is 10.5. The molecule has 0 fully saturated rings. The molecule has 0 aliphatic rings. The topological polar surface area (TPSA) is 94.6 Å². The number of imidazole rings is 1. The smallest absolute Gasteiger partial charge is 0.343 e. The van der Waals surface area contributed by atoms with Gasteiger partial charge < -0.3 is 10.1 Å². The molecule has 0 unspecified atom stereocenters. The van der Waals surface area contributed by atoms with E-state index in [1.807, 2.05) is 0 Å². The maximum Gasteiger partial charge on any atom is 0.343 e. The fourth-order valence-electron chi connectivity index (χ4n) is 1.32. The lowest BCUT2D eigenvalue weighted by Crippen LogP contribution is -2.02. The fourth-order valence-corrected chi connectivity index (χ4v) is 1.46. The number of hydrogen-bond acceptors (Lipinski definition) is 5. The maximum atomic E-state index is 10.6. The van der Waals surface area contributed by atoms with Crippen LogP contribution < -0.4 is 0 Å². The van der Waals surface area contributed by atoms with E-state index in [1.165, 1.54) is 10.8 Å². The Kier molecular flexibility index (Phi) is 2.31. The standard InChI is InChI=1S/C7H8N6O2S/c1-11-4(13(14)15)3-8-5(11)6-9-10-7(16)12(6)2/h3H,1-2H3,(H,10,16). The van der Waals surface area contributed by atoms with Gasteiger partial charge in [0.15, 0.2) is 4.77 Å². The maximum absolute atomic E-state index is 10.6. The van der Waals surface area contributed by atoms with Crippen molar-refractivity contribution in [3.8, 4) is 11.6 Å². The molecule has 0 saturated heterocycles. The molecule has 2 rings (SSSR count). The number of aromatic amines is 1. The van der Waals surface area contributed by atoms with E-state index in [0.29, 0.717) is 16.4 Å². The van der Waals surface area contributed by atoms with Crippen molar-refractivity contribution in [2.75, 3.05) is 0 Å². The van der Waals surface area contributed by atoms with E-state index in [9.17, 15) is 10.1 Å². The second-order valence-corrected chi connectivity index (χ2v) is 3.55. The van der Waals surface area contributed by atoms with Gasteiger partial charge in [0.1, 0.15) is 6.20 Å². The highest BCUT2D eigenvalue weighted by Gasteiger charge is 2.21. The second kappa shape index (κ2) is 3.52. The Bertz CT molecular complexity index is 609. The van der Waals surface area contributed by atoms with E-state index in [2.05, 4.69) is 15.2 Å².